The summed E-state index contributed by atoms with van der Waals surface area (Å²) in [6.45, 7) is 5.08. The highest BCUT2D eigenvalue weighted by molar-refractivity contribution is 9.10. The Morgan fingerprint density at radius 2 is 2.10 bits per heavy atom. The number of carbonyl (C=O) groups is 1. The molecule has 2 atom stereocenters. The number of aliphatic hydroxyl groups is 2. The van der Waals surface area contributed by atoms with Crippen LogP contribution in [0.5, 0.6) is 0 Å². The lowest BCUT2D eigenvalue weighted by molar-refractivity contribution is 0.0108. The molecule has 0 aromatic carbocycles. The molecule has 0 aliphatic heterocycles. The van der Waals surface area contributed by atoms with Crippen molar-refractivity contribution in [1.29, 1.82) is 0 Å². The van der Waals surface area contributed by atoms with Crippen LogP contribution in [-0.4, -0.2) is 39.5 Å². The summed E-state index contributed by atoms with van der Waals surface area (Å²) in [4.78, 5) is 15.5. The van der Waals surface area contributed by atoms with E-state index in [0.29, 0.717) is 10.3 Å². The van der Waals surface area contributed by atoms with Crippen molar-refractivity contribution >= 4 is 22.0 Å². The van der Waals surface area contributed by atoms with Gasteiger partial charge < -0.3 is 20.3 Å². The van der Waals surface area contributed by atoms with Crippen LogP contribution in [0, 0.1) is 0 Å². The van der Waals surface area contributed by atoms with Gasteiger partial charge in [0.2, 0.25) is 0 Å². The number of halogens is 1. The summed E-state index contributed by atoms with van der Waals surface area (Å²) in [5.41, 5.74) is -0.294. The second kappa shape index (κ2) is 7.01. The fraction of sp³-hybridized carbons (Fsp3) is 0.538. The van der Waals surface area contributed by atoms with Crippen LogP contribution >= 0.6 is 15.9 Å². The predicted octanol–water partition coefficient (Wildman–Crippen LogP) is 1.76. The van der Waals surface area contributed by atoms with E-state index in [1.165, 1.54) is 0 Å². The fourth-order valence-corrected chi connectivity index (χ4v) is 1.76. The molecule has 20 heavy (non-hydrogen) atoms. The van der Waals surface area contributed by atoms with E-state index >= 15 is 0 Å². The Morgan fingerprint density at radius 3 is 2.65 bits per heavy atom. The Morgan fingerprint density at radius 1 is 1.45 bits per heavy atom. The first kappa shape index (κ1) is 16.9. The van der Waals surface area contributed by atoms with Gasteiger partial charge in [-0.05, 0) is 48.8 Å². The molecule has 1 aromatic heterocycles. The number of amides is 1. The molecule has 0 bridgehead atoms. The van der Waals surface area contributed by atoms with E-state index in [1.807, 2.05) is 0 Å². The van der Waals surface area contributed by atoms with E-state index in [-0.39, 0.29) is 6.54 Å². The summed E-state index contributed by atoms with van der Waals surface area (Å²) in [5, 5.41) is 22.2. The highest BCUT2D eigenvalue weighted by Gasteiger charge is 2.22. The van der Waals surface area contributed by atoms with E-state index in [4.69, 9.17) is 4.74 Å². The fourth-order valence-electron chi connectivity index (χ4n) is 1.40. The van der Waals surface area contributed by atoms with Crippen molar-refractivity contribution in [3.63, 3.8) is 0 Å². The van der Waals surface area contributed by atoms with Gasteiger partial charge in [0.1, 0.15) is 22.4 Å². The molecule has 1 rings (SSSR count). The Bertz CT molecular complexity index is 462. The maximum atomic E-state index is 11.4. The van der Waals surface area contributed by atoms with Gasteiger partial charge >= 0.3 is 6.09 Å². The van der Waals surface area contributed by atoms with Gasteiger partial charge in [-0.1, -0.05) is 6.07 Å². The molecule has 0 radical (unpaired) electrons. The van der Waals surface area contributed by atoms with Crippen LogP contribution in [0.1, 0.15) is 32.6 Å². The van der Waals surface area contributed by atoms with Gasteiger partial charge in [-0.2, -0.15) is 0 Å². The molecule has 7 heteroatoms. The number of nitrogens with one attached hydrogen (secondary N) is 1. The van der Waals surface area contributed by atoms with Gasteiger partial charge in [-0.25, -0.2) is 9.78 Å². The van der Waals surface area contributed by atoms with Crippen LogP contribution < -0.4 is 5.32 Å². The molecule has 6 nitrogen and oxygen atoms in total. The molecule has 112 valence electrons. The molecule has 0 fully saturated rings. The van der Waals surface area contributed by atoms with Crippen LogP contribution in [0.4, 0.5) is 4.79 Å². The molecule has 1 aromatic rings. The topological polar surface area (TPSA) is 91.7 Å². The summed E-state index contributed by atoms with van der Waals surface area (Å²) in [6.07, 6.45) is -3.02. The molecule has 0 spiro atoms. The lowest BCUT2D eigenvalue weighted by Crippen LogP contribution is -2.39. The summed E-state index contributed by atoms with van der Waals surface area (Å²) in [6, 6.07) is 5.00. The molecule has 1 heterocycles. The Hall–Kier alpha value is -1.18. The van der Waals surface area contributed by atoms with Gasteiger partial charge in [-0.3, -0.25) is 0 Å². The summed E-state index contributed by atoms with van der Waals surface area (Å²) in [5.74, 6) is 0. The minimum absolute atomic E-state index is 0.135. The highest BCUT2D eigenvalue weighted by Crippen LogP contribution is 2.17. The second-order valence-electron chi connectivity index (χ2n) is 5.28. The van der Waals surface area contributed by atoms with E-state index < -0.39 is 23.9 Å². The number of pyridine rings is 1. The predicted molar refractivity (Wildman–Crippen MR) is 77.1 cm³/mol. The van der Waals surface area contributed by atoms with Gasteiger partial charge in [0.05, 0.1) is 5.69 Å². The molecule has 2 unspecified atom stereocenters. The quantitative estimate of drug-likeness (QED) is 0.722. The van der Waals surface area contributed by atoms with Crippen molar-refractivity contribution in [2.24, 2.45) is 0 Å². The number of aliphatic hydroxyl groups excluding tert-OH is 2. The molecule has 0 saturated heterocycles. The number of ether oxygens (including phenoxy) is 1. The largest absolute Gasteiger partial charge is 0.444 e. The van der Waals surface area contributed by atoms with Gasteiger partial charge in [-0.15, -0.1) is 0 Å². The third-order valence-corrected chi connectivity index (χ3v) is 2.70. The Labute approximate surface area is 126 Å². The summed E-state index contributed by atoms with van der Waals surface area (Å²) < 4.78 is 5.58. The van der Waals surface area contributed by atoms with Crippen LogP contribution in [0.25, 0.3) is 0 Å². The van der Waals surface area contributed by atoms with Gasteiger partial charge in [0, 0.05) is 6.54 Å². The third kappa shape index (κ3) is 5.85. The number of aromatic nitrogens is 1. The zero-order chi connectivity index (χ0) is 15.3. The molecule has 0 saturated carbocycles. The average Bonchev–Trinajstić information content (AvgIpc) is 2.33. The minimum atomic E-state index is -1.19. The number of hydrogen-bond acceptors (Lipinski definition) is 5. The molecule has 0 aliphatic rings. The first-order valence-corrected chi connectivity index (χ1v) is 6.94. The standard InChI is InChI=1S/C13H19BrN2O4/c1-13(2,3)20-12(19)15-7-9(17)11(18)8-5-4-6-10(14)16-8/h4-6,9,11,17-18H,7H2,1-3H3,(H,15,19). The number of rotatable bonds is 4. The van der Waals surface area contributed by atoms with Crippen molar-refractivity contribution in [2.75, 3.05) is 6.54 Å². The molecular formula is C13H19BrN2O4. The number of carbonyl (C=O) groups excluding carboxylic acids is 1. The maximum absolute atomic E-state index is 11.4. The highest BCUT2D eigenvalue weighted by atomic mass is 79.9. The Balaban J connectivity index is 2.50. The lowest BCUT2D eigenvalue weighted by atomic mass is 10.1. The van der Waals surface area contributed by atoms with Crippen LogP contribution in [0.15, 0.2) is 22.8 Å². The van der Waals surface area contributed by atoms with Gasteiger partial charge in [0.15, 0.2) is 0 Å². The summed E-state index contributed by atoms with van der Waals surface area (Å²) in [7, 11) is 0. The van der Waals surface area contributed by atoms with E-state index in [1.54, 1.807) is 39.0 Å². The Kier molecular flexibility index (Phi) is 5.91. The normalized spacial score (nSPS) is 14.5. The lowest BCUT2D eigenvalue weighted by Gasteiger charge is -2.22. The van der Waals surface area contributed by atoms with Gasteiger partial charge in [0.25, 0.3) is 0 Å². The van der Waals surface area contributed by atoms with Crippen LogP contribution in [-0.2, 0) is 4.74 Å². The minimum Gasteiger partial charge on any atom is -0.444 e. The second-order valence-corrected chi connectivity index (χ2v) is 6.09. The average molecular weight is 347 g/mol. The third-order valence-electron chi connectivity index (χ3n) is 2.26. The molecular weight excluding hydrogens is 328 g/mol. The SMILES string of the molecule is CC(C)(C)OC(=O)NCC(O)C(O)c1cccc(Br)n1. The molecule has 0 aliphatic carbocycles. The zero-order valence-corrected chi connectivity index (χ0v) is 13.2. The monoisotopic (exact) mass is 346 g/mol. The summed E-state index contributed by atoms with van der Waals surface area (Å²) >= 11 is 3.18. The van der Waals surface area contributed by atoms with Crippen molar-refractivity contribution in [3.8, 4) is 0 Å². The van der Waals surface area contributed by atoms with E-state index in [9.17, 15) is 15.0 Å². The zero-order valence-electron chi connectivity index (χ0n) is 11.6. The van der Waals surface area contributed by atoms with E-state index in [2.05, 4.69) is 26.2 Å². The first-order chi connectivity index (χ1) is 9.19. The van der Waals surface area contributed by atoms with E-state index in [0.717, 1.165) is 0 Å². The number of alkyl carbamates (subject to hydrolysis) is 1. The van der Waals surface area contributed by atoms with Crippen LogP contribution in [0.2, 0.25) is 0 Å². The smallest absolute Gasteiger partial charge is 0.407 e. The van der Waals surface area contributed by atoms with Crippen molar-refractivity contribution in [1.82, 2.24) is 10.3 Å². The van der Waals surface area contributed by atoms with Crippen molar-refractivity contribution in [3.05, 3.63) is 28.5 Å². The number of hydrogen-bond donors (Lipinski definition) is 3. The van der Waals surface area contributed by atoms with Crippen molar-refractivity contribution in [2.45, 2.75) is 38.6 Å². The molecule has 3 N–H and O–H groups in total. The molecule has 1 amide bonds. The number of nitrogens with zero attached hydrogens (tertiary/aromatic N) is 1. The van der Waals surface area contributed by atoms with Crippen LogP contribution in [0.3, 0.4) is 0 Å². The maximum Gasteiger partial charge on any atom is 0.407 e. The first-order valence-electron chi connectivity index (χ1n) is 6.14. The van der Waals surface area contributed by atoms with Crippen molar-refractivity contribution < 1.29 is 19.7 Å².